The molecule has 1 N–H and O–H groups in total. The molecule has 1 heterocycles. The summed E-state index contributed by atoms with van der Waals surface area (Å²) in [5.41, 5.74) is 2.26. The molecule has 0 atom stereocenters. The van der Waals surface area contributed by atoms with Gasteiger partial charge in [-0.15, -0.1) is 0 Å². The smallest absolute Gasteiger partial charge is 0.418 e. The van der Waals surface area contributed by atoms with Crippen LogP contribution in [0.2, 0.25) is 0 Å². The summed E-state index contributed by atoms with van der Waals surface area (Å²) in [7, 11) is -1.94. The lowest BCUT2D eigenvalue weighted by Gasteiger charge is -2.27. The van der Waals surface area contributed by atoms with Crippen LogP contribution in [0.4, 0.5) is 0 Å². The maximum atomic E-state index is 9.99. The van der Waals surface area contributed by atoms with Crippen molar-refractivity contribution >= 4 is 8.60 Å². The molecular formula is C17H19O3P. The number of rotatable bonds is 3. The van der Waals surface area contributed by atoms with Crippen LogP contribution in [0.5, 0.6) is 11.5 Å². The molecule has 0 saturated heterocycles. The molecule has 0 aromatic heterocycles. The van der Waals surface area contributed by atoms with Gasteiger partial charge in [0, 0.05) is 17.0 Å². The number of para-hydroxylation sites is 2. The summed E-state index contributed by atoms with van der Waals surface area (Å²) in [4.78, 5) is 9.99. The number of benzene rings is 2. The first-order chi connectivity index (χ1) is 10.3. The molecule has 1 aliphatic rings. The quantitative estimate of drug-likeness (QED) is 0.811. The van der Waals surface area contributed by atoms with Crippen LogP contribution in [0.3, 0.4) is 0 Å². The van der Waals surface area contributed by atoms with E-state index in [2.05, 4.69) is 19.1 Å². The van der Waals surface area contributed by atoms with E-state index in [0.29, 0.717) is 0 Å². The zero-order valence-corrected chi connectivity index (χ0v) is 12.9. The van der Waals surface area contributed by atoms with Crippen molar-refractivity contribution in [3.05, 3.63) is 59.7 Å². The molecule has 0 unspecified atom stereocenters. The average molecular weight is 302 g/mol. The number of fused-ring (bicyclic) bond motifs is 2. The minimum atomic E-state index is -1.94. The summed E-state index contributed by atoms with van der Waals surface area (Å²) in [6, 6.07) is 15.9. The van der Waals surface area contributed by atoms with Crippen molar-refractivity contribution in [2.45, 2.75) is 32.1 Å². The zero-order chi connectivity index (χ0) is 14.7. The molecule has 2 aromatic rings. The van der Waals surface area contributed by atoms with E-state index in [-0.39, 0.29) is 5.92 Å². The monoisotopic (exact) mass is 302 g/mol. The maximum Gasteiger partial charge on any atom is 0.460 e. The van der Waals surface area contributed by atoms with Gasteiger partial charge in [0.05, 0.1) is 0 Å². The van der Waals surface area contributed by atoms with E-state index in [1.54, 1.807) is 0 Å². The predicted octanol–water partition coefficient (Wildman–Crippen LogP) is 5.00. The Morgan fingerprint density at radius 3 is 2.00 bits per heavy atom. The summed E-state index contributed by atoms with van der Waals surface area (Å²) in [6.45, 7) is 2.20. The van der Waals surface area contributed by atoms with Crippen molar-refractivity contribution in [1.29, 1.82) is 0 Å². The molecule has 3 rings (SSSR count). The van der Waals surface area contributed by atoms with Crippen molar-refractivity contribution in [1.82, 2.24) is 0 Å². The second-order valence-electron chi connectivity index (χ2n) is 5.19. The van der Waals surface area contributed by atoms with Crippen molar-refractivity contribution in [3.63, 3.8) is 0 Å². The van der Waals surface area contributed by atoms with Crippen LogP contribution in [0.25, 0.3) is 0 Å². The summed E-state index contributed by atoms with van der Waals surface area (Å²) in [6.07, 6.45) is 3.33. The first-order valence-corrected chi connectivity index (χ1v) is 8.45. The molecule has 0 bridgehead atoms. The van der Waals surface area contributed by atoms with Crippen LogP contribution in [0.15, 0.2) is 48.5 Å². The van der Waals surface area contributed by atoms with Crippen LogP contribution in [-0.2, 0) is 0 Å². The van der Waals surface area contributed by atoms with Gasteiger partial charge in [-0.1, -0.05) is 56.2 Å². The van der Waals surface area contributed by atoms with E-state index in [9.17, 15) is 4.89 Å². The number of hydrogen-bond acceptors (Lipinski definition) is 3. The van der Waals surface area contributed by atoms with Gasteiger partial charge in [-0.3, -0.25) is 0 Å². The van der Waals surface area contributed by atoms with Gasteiger partial charge in [-0.05, 0) is 18.6 Å². The fourth-order valence-electron chi connectivity index (χ4n) is 2.78. The van der Waals surface area contributed by atoms with Crippen LogP contribution in [0, 0.1) is 0 Å². The highest BCUT2D eigenvalue weighted by Gasteiger charge is 2.27. The highest BCUT2D eigenvalue weighted by atomic mass is 31.2. The van der Waals surface area contributed by atoms with Crippen LogP contribution < -0.4 is 9.05 Å². The zero-order valence-electron chi connectivity index (χ0n) is 12.0. The fraction of sp³-hybridized carbons (Fsp3) is 0.294. The number of hydrogen-bond donors (Lipinski definition) is 1. The van der Waals surface area contributed by atoms with Crippen molar-refractivity contribution in [3.8, 4) is 11.5 Å². The van der Waals surface area contributed by atoms with Crippen molar-refractivity contribution in [2.75, 3.05) is 0 Å². The minimum absolute atomic E-state index is 0.237. The summed E-state index contributed by atoms with van der Waals surface area (Å²) in [5, 5.41) is 0. The molecule has 0 saturated carbocycles. The van der Waals surface area contributed by atoms with Gasteiger partial charge in [-0.2, -0.15) is 0 Å². The normalized spacial score (nSPS) is 20.3. The molecule has 4 heteroatoms. The lowest BCUT2D eigenvalue weighted by atomic mass is 9.86. The molecule has 1 aliphatic heterocycles. The van der Waals surface area contributed by atoms with Gasteiger partial charge in [0.2, 0.25) is 0 Å². The van der Waals surface area contributed by atoms with Gasteiger partial charge in [-0.25, -0.2) is 0 Å². The van der Waals surface area contributed by atoms with Crippen molar-refractivity contribution < 1.29 is 13.9 Å². The Morgan fingerprint density at radius 1 is 0.952 bits per heavy atom. The SMILES string of the molecule is CCCCC1c2ccccc2OP(O)Oc2ccccc21. The van der Waals surface area contributed by atoms with E-state index in [1.165, 1.54) is 0 Å². The maximum absolute atomic E-state index is 9.99. The van der Waals surface area contributed by atoms with Gasteiger partial charge in [0.1, 0.15) is 11.5 Å². The highest BCUT2D eigenvalue weighted by molar-refractivity contribution is 7.41. The largest absolute Gasteiger partial charge is 0.460 e. The third-order valence-corrected chi connectivity index (χ3v) is 4.49. The van der Waals surface area contributed by atoms with E-state index in [0.717, 1.165) is 41.9 Å². The molecule has 3 nitrogen and oxygen atoms in total. The Kier molecular flexibility index (Phi) is 4.42. The lowest BCUT2D eigenvalue weighted by molar-refractivity contribution is 0.370. The topological polar surface area (TPSA) is 38.7 Å². The van der Waals surface area contributed by atoms with E-state index >= 15 is 0 Å². The van der Waals surface area contributed by atoms with E-state index in [1.807, 2.05) is 36.4 Å². The second-order valence-corrected chi connectivity index (χ2v) is 6.03. The molecule has 110 valence electrons. The molecule has 0 amide bonds. The second kappa shape index (κ2) is 6.46. The molecule has 21 heavy (non-hydrogen) atoms. The van der Waals surface area contributed by atoms with Gasteiger partial charge < -0.3 is 13.9 Å². The molecule has 0 spiro atoms. The number of unbranched alkanes of at least 4 members (excludes halogenated alkanes) is 1. The lowest BCUT2D eigenvalue weighted by Crippen LogP contribution is -2.09. The van der Waals surface area contributed by atoms with E-state index < -0.39 is 8.60 Å². The van der Waals surface area contributed by atoms with Crippen LogP contribution in [0.1, 0.15) is 43.2 Å². The summed E-state index contributed by atoms with van der Waals surface area (Å²) >= 11 is 0. The van der Waals surface area contributed by atoms with E-state index in [4.69, 9.17) is 9.05 Å². The summed E-state index contributed by atoms with van der Waals surface area (Å²) in [5.74, 6) is 1.68. The van der Waals surface area contributed by atoms with Crippen LogP contribution in [-0.4, -0.2) is 4.89 Å². The van der Waals surface area contributed by atoms with Crippen LogP contribution >= 0.6 is 8.60 Å². The molecule has 0 radical (unpaired) electrons. The third-order valence-electron chi connectivity index (χ3n) is 3.79. The van der Waals surface area contributed by atoms with Crippen molar-refractivity contribution in [2.24, 2.45) is 0 Å². The van der Waals surface area contributed by atoms with Gasteiger partial charge >= 0.3 is 8.60 Å². The Bertz CT molecular complexity index is 565. The molecule has 2 aromatic carbocycles. The van der Waals surface area contributed by atoms with Gasteiger partial charge in [0.15, 0.2) is 0 Å². The predicted molar refractivity (Wildman–Crippen MR) is 84.6 cm³/mol. The third kappa shape index (κ3) is 3.04. The highest BCUT2D eigenvalue weighted by Crippen LogP contribution is 2.48. The molecular weight excluding hydrogens is 283 g/mol. The molecule has 0 aliphatic carbocycles. The Balaban J connectivity index is 2.11. The Labute approximate surface area is 126 Å². The fourth-order valence-corrected chi connectivity index (χ4v) is 3.48. The Hall–Kier alpha value is -1.57. The minimum Gasteiger partial charge on any atom is -0.418 e. The first kappa shape index (κ1) is 14.4. The van der Waals surface area contributed by atoms with Gasteiger partial charge in [0.25, 0.3) is 0 Å². The summed E-state index contributed by atoms with van der Waals surface area (Å²) < 4.78 is 11.2. The Morgan fingerprint density at radius 2 is 1.48 bits per heavy atom. The average Bonchev–Trinajstić information content (AvgIpc) is 2.49. The molecule has 0 fully saturated rings. The standard InChI is InChI=1S/C17H19O3P/c1-2-3-8-13-14-9-4-6-11-16(14)19-21(18)20-17-12-7-5-10-15(13)17/h4-7,9-13,18H,2-3,8H2,1H3. The first-order valence-electron chi connectivity index (χ1n) is 7.32.